The number of carbonyl (C=O) groups excluding carboxylic acids is 1. The van der Waals surface area contributed by atoms with Crippen molar-refractivity contribution < 1.29 is 9.53 Å². The third-order valence-corrected chi connectivity index (χ3v) is 5.35. The zero-order valence-electron chi connectivity index (χ0n) is 14.3. The van der Waals surface area contributed by atoms with E-state index < -0.39 is 0 Å². The van der Waals surface area contributed by atoms with E-state index in [9.17, 15) is 4.79 Å². The minimum Gasteiger partial charge on any atom is -0.497 e. The Bertz CT molecular complexity index is 929. The van der Waals surface area contributed by atoms with Crippen molar-refractivity contribution in [2.24, 2.45) is 7.05 Å². The predicted molar refractivity (Wildman–Crippen MR) is 106 cm³/mol. The van der Waals surface area contributed by atoms with Gasteiger partial charge in [0.1, 0.15) is 5.75 Å². The zero-order valence-corrected chi connectivity index (χ0v) is 16.7. The number of aromatic nitrogens is 3. The lowest BCUT2D eigenvalue weighted by Gasteiger charge is -2.07. The third kappa shape index (κ3) is 4.25. The van der Waals surface area contributed by atoms with Crippen LogP contribution in [-0.2, 0) is 11.8 Å². The summed E-state index contributed by atoms with van der Waals surface area (Å²) in [6.07, 6.45) is 0. The normalized spacial score (nSPS) is 10.6. The Morgan fingerprint density at radius 2 is 2.04 bits per heavy atom. The van der Waals surface area contributed by atoms with Gasteiger partial charge in [-0.3, -0.25) is 4.79 Å². The molecule has 0 aliphatic heterocycles. The Labute approximate surface area is 164 Å². The second kappa shape index (κ2) is 8.37. The van der Waals surface area contributed by atoms with Gasteiger partial charge in [0.2, 0.25) is 5.91 Å². The number of nitrogens with zero attached hydrogens (tertiary/aromatic N) is 3. The Kier molecular flexibility index (Phi) is 5.95. The minimum atomic E-state index is -0.104. The van der Waals surface area contributed by atoms with Gasteiger partial charge in [-0.25, -0.2) is 0 Å². The van der Waals surface area contributed by atoms with Crippen LogP contribution < -0.4 is 10.1 Å². The number of rotatable bonds is 6. The van der Waals surface area contributed by atoms with Crippen LogP contribution in [0.5, 0.6) is 5.75 Å². The second-order valence-electron chi connectivity index (χ2n) is 5.41. The smallest absolute Gasteiger partial charge is 0.234 e. The molecule has 134 valence electrons. The van der Waals surface area contributed by atoms with Crippen LogP contribution >= 0.6 is 27.7 Å². The van der Waals surface area contributed by atoms with E-state index in [4.69, 9.17) is 4.74 Å². The monoisotopic (exact) mass is 432 g/mol. The number of anilines is 1. The summed E-state index contributed by atoms with van der Waals surface area (Å²) in [4.78, 5) is 12.2. The van der Waals surface area contributed by atoms with Gasteiger partial charge in [-0.15, -0.1) is 10.2 Å². The van der Waals surface area contributed by atoms with E-state index in [1.54, 1.807) is 7.11 Å². The Morgan fingerprint density at radius 3 is 2.81 bits per heavy atom. The highest BCUT2D eigenvalue weighted by Crippen LogP contribution is 2.26. The van der Waals surface area contributed by atoms with Crippen molar-refractivity contribution in [3.8, 4) is 17.1 Å². The van der Waals surface area contributed by atoms with Crippen molar-refractivity contribution in [2.45, 2.75) is 5.16 Å². The van der Waals surface area contributed by atoms with Crippen LogP contribution in [0.1, 0.15) is 0 Å². The van der Waals surface area contributed by atoms with Gasteiger partial charge in [-0.05, 0) is 40.2 Å². The quantitative estimate of drug-likeness (QED) is 0.596. The van der Waals surface area contributed by atoms with Gasteiger partial charge in [-0.2, -0.15) is 0 Å². The molecule has 2 aromatic carbocycles. The predicted octanol–water partition coefficient (Wildman–Crippen LogP) is 3.98. The van der Waals surface area contributed by atoms with Crippen LogP contribution in [-0.4, -0.2) is 33.5 Å². The van der Waals surface area contributed by atoms with E-state index in [1.165, 1.54) is 11.8 Å². The summed E-state index contributed by atoms with van der Waals surface area (Å²) < 4.78 is 7.96. The molecule has 0 aliphatic carbocycles. The first-order chi connectivity index (χ1) is 12.6. The number of thioether (sulfide) groups is 1. The summed E-state index contributed by atoms with van der Waals surface area (Å²) in [6, 6.07) is 15.1. The second-order valence-corrected chi connectivity index (χ2v) is 7.21. The van der Waals surface area contributed by atoms with Crippen LogP contribution in [0, 0.1) is 0 Å². The fourth-order valence-electron chi connectivity index (χ4n) is 2.33. The van der Waals surface area contributed by atoms with Crippen LogP contribution in [0.4, 0.5) is 5.69 Å². The van der Waals surface area contributed by atoms with Crippen molar-refractivity contribution in [3.63, 3.8) is 0 Å². The van der Waals surface area contributed by atoms with Crippen LogP contribution in [0.3, 0.4) is 0 Å². The van der Waals surface area contributed by atoms with Crippen LogP contribution in [0.25, 0.3) is 11.4 Å². The molecule has 0 atom stereocenters. The molecule has 1 heterocycles. The lowest BCUT2D eigenvalue weighted by Crippen LogP contribution is -2.14. The van der Waals surface area contributed by atoms with E-state index in [1.807, 2.05) is 60.1 Å². The number of hydrogen-bond donors (Lipinski definition) is 1. The number of methoxy groups -OCH3 is 1. The molecule has 3 rings (SSSR count). The summed E-state index contributed by atoms with van der Waals surface area (Å²) in [5.74, 6) is 1.61. The molecule has 26 heavy (non-hydrogen) atoms. The average Bonchev–Trinajstić information content (AvgIpc) is 3.02. The maximum Gasteiger partial charge on any atom is 0.234 e. The molecule has 0 aliphatic rings. The molecule has 0 unspecified atom stereocenters. The molecule has 1 aromatic heterocycles. The maximum absolute atomic E-state index is 12.2. The first-order valence-corrected chi connectivity index (χ1v) is 9.57. The largest absolute Gasteiger partial charge is 0.497 e. The number of amides is 1. The molecular formula is C18H17BrN4O2S. The van der Waals surface area contributed by atoms with Gasteiger partial charge < -0.3 is 14.6 Å². The molecule has 0 spiro atoms. The lowest BCUT2D eigenvalue weighted by atomic mass is 10.2. The van der Waals surface area contributed by atoms with Crippen molar-refractivity contribution in [1.29, 1.82) is 0 Å². The average molecular weight is 433 g/mol. The van der Waals surface area contributed by atoms with Crippen molar-refractivity contribution in [2.75, 3.05) is 18.2 Å². The summed E-state index contributed by atoms with van der Waals surface area (Å²) in [7, 11) is 3.50. The fraction of sp³-hybridized carbons (Fsp3) is 0.167. The maximum atomic E-state index is 12.2. The molecule has 3 aromatic rings. The number of halogens is 1. The van der Waals surface area contributed by atoms with Gasteiger partial charge in [-0.1, -0.05) is 36.0 Å². The third-order valence-electron chi connectivity index (χ3n) is 3.64. The van der Waals surface area contributed by atoms with Crippen molar-refractivity contribution >= 4 is 39.3 Å². The summed E-state index contributed by atoms with van der Waals surface area (Å²) in [6.45, 7) is 0. The molecule has 1 amide bonds. The molecule has 0 saturated carbocycles. The van der Waals surface area contributed by atoms with Gasteiger partial charge in [0.15, 0.2) is 11.0 Å². The molecule has 0 radical (unpaired) electrons. The highest BCUT2D eigenvalue weighted by atomic mass is 79.9. The van der Waals surface area contributed by atoms with Gasteiger partial charge >= 0.3 is 0 Å². The molecular weight excluding hydrogens is 416 g/mol. The summed E-state index contributed by atoms with van der Waals surface area (Å²) in [5, 5.41) is 12.0. The Morgan fingerprint density at radius 1 is 1.23 bits per heavy atom. The summed E-state index contributed by atoms with van der Waals surface area (Å²) >= 11 is 4.75. The highest BCUT2D eigenvalue weighted by molar-refractivity contribution is 9.10. The van der Waals surface area contributed by atoms with Gasteiger partial charge in [0.05, 0.1) is 18.6 Å². The minimum absolute atomic E-state index is 0.104. The number of benzene rings is 2. The molecule has 1 N–H and O–H groups in total. The Balaban J connectivity index is 1.67. The first-order valence-electron chi connectivity index (χ1n) is 7.79. The highest BCUT2D eigenvalue weighted by Gasteiger charge is 2.14. The molecule has 0 fully saturated rings. The topological polar surface area (TPSA) is 69.0 Å². The number of hydrogen-bond acceptors (Lipinski definition) is 5. The first kappa shape index (κ1) is 18.5. The van der Waals surface area contributed by atoms with E-state index in [-0.39, 0.29) is 11.7 Å². The van der Waals surface area contributed by atoms with Crippen molar-refractivity contribution in [1.82, 2.24) is 14.8 Å². The molecule has 0 bridgehead atoms. The zero-order chi connectivity index (χ0) is 18.5. The van der Waals surface area contributed by atoms with E-state index >= 15 is 0 Å². The Hall–Kier alpha value is -2.32. The molecule has 6 nitrogen and oxygen atoms in total. The molecule has 8 heteroatoms. The molecule has 0 saturated heterocycles. The van der Waals surface area contributed by atoms with E-state index in [0.717, 1.165) is 27.3 Å². The number of carbonyl (C=O) groups is 1. The van der Waals surface area contributed by atoms with Gasteiger partial charge in [0.25, 0.3) is 0 Å². The number of nitrogens with one attached hydrogen (secondary N) is 1. The van der Waals surface area contributed by atoms with Gasteiger partial charge in [0, 0.05) is 17.1 Å². The van der Waals surface area contributed by atoms with E-state index in [0.29, 0.717) is 5.16 Å². The standard InChI is InChI=1S/C18H17BrN4O2S/c1-23-17(12-6-5-7-13(10-12)25-2)21-22-18(23)26-11-16(24)20-15-9-4-3-8-14(15)19/h3-10H,11H2,1-2H3,(H,20,24). The van der Waals surface area contributed by atoms with Crippen LogP contribution in [0.2, 0.25) is 0 Å². The lowest BCUT2D eigenvalue weighted by molar-refractivity contribution is -0.113. The fourth-order valence-corrected chi connectivity index (χ4v) is 3.43. The van der Waals surface area contributed by atoms with E-state index in [2.05, 4.69) is 31.4 Å². The number of para-hydroxylation sites is 1. The van der Waals surface area contributed by atoms with Crippen LogP contribution in [0.15, 0.2) is 58.2 Å². The van der Waals surface area contributed by atoms with Crippen molar-refractivity contribution in [3.05, 3.63) is 53.0 Å². The summed E-state index contributed by atoms with van der Waals surface area (Å²) in [5.41, 5.74) is 1.65. The number of ether oxygens (including phenoxy) is 1. The SMILES string of the molecule is COc1cccc(-c2nnc(SCC(=O)Nc3ccccc3Br)n2C)c1.